The first-order valence-electron chi connectivity index (χ1n) is 9.47. The summed E-state index contributed by atoms with van der Waals surface area (Å²) >= 11 is 7.10. The zero-order valence-corrected chi connectivity index (χ0v) is 18.7. The number of hydrogen-bond acceptors (Lipinski definition) is 1. The van der Waals surface area contributed by atoms with Crippen LogP contribution >= 0.6 is 31.9 Å². The van der Waals surface area contributed by atoms with Gasteiger partial charge in [-0.25, -0.2) is 0 Å². The molecule has 3 atom stereocenters. The van der Waals surface area contributed by atoms with Crippen LogP contribution < -0.4 is 4.90 Å². The van der Waals surface area contributed by atoms with Crippen molar-refractivity contribution in [2.75, 3.05) is 4.90 Å². The van der Waals surface area contributed by atoms with Crippen LogP contribution in [0.3, 0.4) is 0 Å². The van der Waals surface area contributed by atoms with Crippen molar-refractivity contribution >= 4 is 37.5 Å². The minimum absolute atomic E-state index is 0.383. The molecule has 138 valence electrons. The van der Waals surface area contributed by atoms with E-state index in [9.17, 15) is 0 Å². The van der Waals surface area contributed by atoms with Crippen molar-refractivity contribution < 1.29 is 0 Å². The van der Waals surface area contributed by atoms with Crippen molar-refractivity contribution in [2.45, 2.75) is 38.3 Å². The molecule has 1 nitrogen and oxygen atoms in total. The van der Waals surface area contributed by atoms with E-state index in [-0.39, 0.29) is 0 Å². The zero-order valence-electron chi connectivity index (χ0n) is 15.6. The van der Waals surface area contributed by atoms with Crippen LogP contribution in [0.15, 0.2) is 81.7 Å². The number of anilines is 1. The van der Waals surface area contributed by atoms with Gasteiger partial charge in [-0.15, -0.1) is 0 Å². The number of nitrogens with zero attached hydrogens (tertiary/aromatic N) is 1. The Hall–Kier alpha value is -1.58. The molecule has 0 spiro atoms. The predicted octanol–water partition coefficient (Wildman–Crippen LogP) is 8.03. The average Bonchev–Trinajstić information content (AvgIpc) is 3.44. The highest BCUT2D eigenvalue weighted by Crippen LogP contribution is 2.57. The van der Waals surface area contributed by atoms with Gasteiger partial charge in [0.05, 0.1) is 12.1 Å². The third-order valence-corrected chi connectivity index (χ3v) is 6.66. The summed E-state index contributed by atoms with van der Waals surface area (Å²) in [6, 6.07) is 27.4. The summed E-state index contributed by atoms with van der Waals surface area (Å²) in [6.07, 6.45) is 1.18. The molecular weight excluding hydrogens is 462 g/mol. The molecule has 3 aromatic carbocycles. The molecular formula is C24H23Br2N. The fourth-order valence-electron chi connectivity index (χ4n) is 3.77. The highest BCUT2D eigenvalue weighted by atomic mass is 79.9. The number of halogens is 2. The van der Waals surface area contributed by atoms with E-state index in [1.165, 1.54) is 28.8 Å². The standard InChI is InChI=1S/C24H23Br2N/c1-3-16(2)17-4-6-18(7-5-17)23-24(19-8-10-20(25)11-9-19)27(23)22-14-12-21(26)13-15-22/h4-16,23-24H,3H2,1-2H3. The first-order valence-corrected chi connectivity index (χ1v) is 11.1. The number of rotatable bonds is 5. The van der Waals surface area contributed by atoms with Crippen LogP contribution in [0.25, 0.3) is 0 Å². The maximum atomic E-state index is 3.55. The van der Waals surface area contributed by atoms with Gasteiger partial charge >= 0.3 is 0 Å². The highest BCUT2D eigenvalue weighted by molar-refractivity contribution is 9.10. The summed E-state index contributed by atoms with van der Waals surface area (Å²) in [5.41, 5.74) is 5.44. The van der Waals surface area contributed by atoms with Gasteiger partial charge in [0, 0.05) is 14.6 Å². The molecule has 3 heteroatoms. The normalized spacial score (nSPS) is 19.8. The van der Waals surface area contributed by atoms with E-state index in [0.717, 1.165) is 8.95 Å². The molecule has 1 heterocycles. The molecule has 1 saturated heterocycles. The number of hydrogen-bond donors (Lipinski definition) is 0. The summed E-state index contributed by atoms with van der Waals surface area (Å²) in [4.78, 5) is 2.51. The predicted molar refractivity (Wildman–Crippen MR) is 121 cm³/mol. The van der Waals surface area contributed by atoms with E-state index in [1.54, 1.807) is 0 Å². The molecule has 3 unspecified atom stereocenters. The molecule has 1 aliphatic heterocycles. The van der Waals surface area contributed by atoms with Crippen molar-refractivity contribution in [2.24, 2.45) is 0 Å². The third kappa shape index (κ3) is 3.86. The van der Waals surface area contributed by atoms with E-state index in [2.05, 4.69) is 123 Å². The summed E-state index contributed by atoms with van der Waals surface area (Å²) in [5, 5.41) is 0. The molecule has 4 rings (SSSR count). The quantitative estimate of drug-likeness (QED) is 0.331. The number of benzene rings is 3. The van der Waals surface area contributed by atoms with Crippen LogP contribution in [0.2, 0.25) is 0 Å². The Morgan fingerprint density at radius 2 is 1.19 bits per heavy atom. The van der Waals surface area contributed by atoms with Crippen molar-refractivity contribution in [3.05, 3.63) is 98.4 Å². The molecule has 0 N–H and O–H groups in total. The smallest absolute Gasteiger partial charge is 0.0795 e. The maximum Gasteiger partial charge on any atom is 0.0795 e. The van der Waals surface area contributed by atoms with E-state index in [0.29, 0.717) is 18.0 Å². The lowest BCUT2D eigenvalue weighted by Crippen LogP contribution is -1.96. The summed E-state index contributed by atoms with van der Waals surface area (Å²) in [7, 11) is 0. The first-order chi connectivity index (χ1) is 13.1. The summed E-state index contributed by atoms with van der Waals surface area (Å²) in [5.74, 6) is 0.614. The van der Waals surface area contributed by atoms with E-state index < -0.39 is 0 Å². The van der Waals surface area contributed by atoms with Gasteiger partial charge in [-0.1, -0.05) is 82.1 Å². The lowest BCUT2D eigenvalue weighted by molar-refractivity contribution is 0.733. The van der Waals surface area contributed by atoms with Crippen LogP contribution in [0, 0.1) is 0 Å². The lowest BCUT2D eigenvalue weighted by Gasteiger charge is -2.10. The van der Waals surface area contributed by atoms with E-state index in [1.807, 2.05) is 0 Å². The van der Waals surface area contributed by atoms with Crippen molar-refractivity contribution in [1.29, 1.82) is 0 Å². The van der Waals surface area contributed by atoms with Crippen LogP contribution in [-0.2, 0) is 0 Å². The van der Waals surface area contributed by atoms with Crippen LogP contribution in [0.1, 0.15) is 55.0 Å². The Balaban J connectivity index is 1.67. The lowest BCUT2D eigenvalue weighted by atomic mass is 9.96. The Morgan fingerprint density at radius 1 is 0.741 bits per heavy atom. The molecule has 1 aliphatic rings. The summed E-state index contributed by atoms with van der Waals surface area (Å²) in [6.45, 7) is 4.54. The maximum absolute atomic E-state index is 3.55. The molecule has 0 aromatic heterocycles. The zero-order chi connectivity index (χ0) is 19.0. The third-order valence-electron chi connectivity index (χ3n) is 5.60. The minimum atomic E-state index is 0.383. The van der Waals surface area contributed by atoms with Crippen LogP contribution in [0.5, 0.6) is 0 Å². The van der Waals surface area contributed by atoms with Gasteiger partial charge < -0.3 is 4.90 Å². The molecule has 0 aliphatic carbocycles. The van der Waals surface area contributed by atoms with E-state index >= 15 is 0 Å². The van der Waals surface area contributed by atoms with Crippen LogP contribution in [0.4, 0.5) is 5.69 Å². The Bertz CT molecular complexity index is 849. The molecule has 0 radical (unpaired) electrons. The van der Waals surface area contributed by atoms with Gasteiger partial charge in [0.2, 0.25) is 0 Å². The Labute approximate surface area is 178 Å². The largest absolute Gasteiger partial charge is 0.353 e. The minimum Gasteiger partial charge on any atom is -0.353 e. The van der Waals surface area contributed by atoms with Gasteiger partial charge in [0.15, 0.2) is 0 Å². The van der Waals surface area contributed by atoms with Crippen molar-refractivity contribution in [1.82, 2.24) is 0 Å². The summed E-state index contributed by atoms with van der Waals surface area (Å²) < 4.78 is 2.24. The Kier molecular flexibility index (Phi) is 5.43. The van der Waals surface area contributed by atoms with Gasteiger partial charge in [-0.3, -0.25) is 0 Å². The van der Waals surface area contributed by atoms with Gasteiger partial charge in [0.1, 0.15) is 0 Å². The average molecular weight is 485 g/mol. The molecule has 0 bridgehead atoms. The topological polar surface area (TPSA) is 3.01 Å². The fraction of sp³-hybridized carbons (Fsp3) is 0.250. The van der Waals surface area contributed by atoms with Crippen LogP contribution in [-0.4, -0.2) is 0 Å². The highest BCUT2D eigenvalue weighted by Gasteiger charge is 2.49. The molecule has 0 amide bonds. The van der Waals surface area contributed by atoms with Gasteiger partial charge in [0.25, 0.3) is 0 Å². The first kappa shape index (κ1) is 18.8. The SMILES string of the molecule is CCC(C)c1ccc(C2C(c3ccc(Br)cc3)N2c2ccc(Br)cc2)cc1. The molecule has 0 saturated carbocycles. The molecule has 3 aromatic rings. The second-order valence-electron chi connectivity index (χ2n) is 7.30. The fourth-order valence-corrected chi connectivity index (χ4v) is 4.30. The van der Waals surface area contributed by atoms with Crippen molar-refractivity contribution in [3.63, 3.8) is 0 Å². The van der Waals surface area contributed by atoms with Gasteiger partial charge in [-0.05, 0) is 65.4 Å². The van der Waals surface area contributed by atoms with E-state index in [4.69, 9.17) is 0 Å². The second-order valence-corrected chi connectivity index (χ2v) is 9.13. The monoisotopic (exact) mass is 483 g/mol. The molecule has 27 heavy (non-hydrogen) atoms. The van der Waals surface area contributed by atoms with Crippen molar-refractivity contribution in [3.8, 4) is 0 Å². The second kappa shape index (κ2) is 7.81. The Morgan fingerprint density at radius 3 is 1.67 bits per heavy atom. The van der Waals surface area contributed by atoms with Gasteiger partial charge in [-0.2, -0.15) is 0 Å². The molecule has 1 fully saturated rings.